The molecule has 1 unspecified atom stereocenters. The van der Waals surface area contributed by atoms with Crippen LogP contribution in [0.1, 0.15) is 106 Å². The fourth-order valence-electron chi connectivity index (χ4n) is 10.8. The van der Waals surface area contributed by atoms with Gasteiger partial charge in [-0.1, -0.05) is 47.1 Å². The van der Waals surface area contributed by atoms with Crippen molar-refractivity contribution in [2.24, 2.45) is 50.2 Å². The van der Waals surface area contributed by atoms with E-state index in [1.54, 1.807) is 7.11 Å². The molecule has 5 nitrogen and oxygen atoms in total. The van der Waals surface area contributed by atoms with E-state index in [1.165, 1.54) is 12.7 Å². The van der Waals surface area contributed by atoms with Gasteiger partial charge in [-0.25, -0.2) is 0 Å². The van der Waals surface area contributed by atoms with Gasteiger partial charge in [-0.3, -0.25) is 14.4 Å². The van der Waals surface area contributed by atoms with E-state index < -0.39 is 10.8 Å². The molecule has 4 saturated carbocycles. The van der Waals surface area contributed by atoms with Crippen LogP contribution in [0.2, 0.25) is 0 Å². The monoisotopic (exact) mass is 526 g/mol. The van der Waals surface area contributed by atoms with Crippen LogP contribution < -0.4 is 0 Å². The third-order valence-corrected chi connectivity index (χ3v) is 13.4. The lowest BCUT2D eigenvalue weighted by molar-refractivity contribution is -0.193. The van der Waals surface area contributed by atoms with Gasteiger partial charge in [-0.2, -0.15) is 0 Å². The summed E-state index contributed by atoms with van der Waals surface area (Å²) >= 11 is 0. The van der Waals surface area contributed by atoms with Gasteiger partial charge in [0.1, 0.15) is 5.78 Å². The summed E-state index contributed by atoms with van der Waals surface area (Å²) in [6, 6.07) is 0. The van der Waals surface area contributed by atoms with E-state index in [9.17, 15) is 14.4 Å². The molecule has 0 aromatic rings. The lowest BCUT2D eigenvalue weighted by atomic mass is 9.33. The Bertz CT molecular complexity index is 1070. The minimum absolute atomic E-state index is 0.00464. The molecule has 5 aliphatic carbocycles. The quantitative estimate of drug-likeness (QED) is 0.380. The van der Waals surface area contributed by atoms with Gasteiger partial charge in [0.2, 0.25) is 0 Å². The van der Waals surface area contributed by atoms with Crippen molar-refractivity contribution >= 4 is 17.5 Å². The van der Waals surface area contributed by atoms with Crippen LogP contribution in [-0.2, 0) is 23.9 Å². The first-order valence-corrected chi connectivity index (χ1v) is 15.0. The second-order valence-electron chi connectivity index (χ2n) is 15.4. The zero-order valence-corrected chi connectivity index (χ0v) is 25.1. The fraction of sp³-hybridized carbons (Fsp3) is 0.848. The maximum Gasteiger partial charge on any atom is 0.312 e. The normalized spacial score (nSPS) is 47.7. The maximum atomic E-state index is 14.4. The summed E-state index contributed by atoms with van der Waals surface area (Å²) in [7, 11) is 3.22. The number of hydrogen-bond acceptors (Lipinski definition) is 5. The lowest BCUT2D eigenvalue weighted by Gasteiger charge is -2.69. The number of fused-ring (bicyclic) bond motifs is 7. The fourth-order valence-corrected chi connectivity index (χ4v) is 10.8. The number of carbonyl (C=O) groups is 3. The summed E-state index contributed by atoms with van der Waals surface area (Å²) in [5.41, 5.74) is -0.125. The van der Waals surface area contributed by atoms with Crippen LogP contribution in [0.5, 0.6) is 0 Å². The van der Waals surface area contributed by atoms with Crippen molar-refractivity contribution < 1.29 is 23.9 Å². The molecular formula is C33H50O5. The van der Waals surface area contributed by atoms with E-state index in [1.807, 2.05) is 6.08 Å². The predicted octanol–water partition coefficient (Wildman–Crippen LogP) is 6.73. The molecule has 0 aliphatic heterocycles. The van der Waals surface area contributed by atoms with Gasteiger partial charge < -0.3 is 9.47 Å². The summed E-state index contributed by atoms with van der Waals surface area (Å²) in [6.07, 6.45) is 10.5. The van der Waals surface area contributed by atoms with E-state index >= 15 is 0 Å². The molecule has 0 amide bonds. The Hall–Kier alpha value is -1.49. The first-order valence-electron chi connectivity index (χ1n) is 15.0. The van der Waals surface area contributed by atoms with E-state index in [0.29, 0.717) is 18.8 Å². The van der Waals surface area contributed by atoms with E-state index in [0.717, 1.165) is 57.8 Å². The molecule has 5 aliphatic rings. The van der Waals surface area contributed by atoms with Crippen LogP contribution in [-0.4, -0.2) is 38.4 Å². The summed E-state index contributed by atoms with van der Waals surface area (Å²) in [5.74, 6) is 0.512. The van der Waals surface area contributed by atoms with Crippen LogP contribution in [0.25, 0.3) is 0 Å². The van der Waals surface area contributed by atoms with Crippen molar-refractivity contribution in [2.75, 3.05) is 20.8 Å². The van der Waals surface area contributed by atoms with Gasteiger partial charge in [0.05, 0.1) is 12.5 Å². The van der Waals surface area contributed by atoms with Crippen molar-refractivity contribution in [3.05, 3.63) is 11.6 Å². The Morgan fingerprint density at radius 3 is 2.29 bits per heavy atom. The van der Waals surface area contributed by atoms with Gasteiger partial charge in [-0.05, 0) is 97.4 Å². The van der Waals surface area contributed by atoms with Gasteiger partial charge in [0, 0.05) is 31.5 Å². The molecule has 0 aromatic heterocycles. The van der Waals surface area contributed by atoms with Gasteiger partial charge >= 0.3 is 5.97 Å². The summed E-state index contributed by atoms with van der Waals surface area (Å²) in [5, 5.41) is 0. The molecule has 38 heavy (non-hydrogen) atoms. The van der Waals surface area contributed by atoms with E-state index in [4.69, 9.17) is 9.47 Å². The zero-order valence-electron chi connectivity index (χ0n) is 25.1. The number of ketones is 2. The minimum Gasteiger partial charge on any atom is -0.469 e. The zero-order chi connectivity index (χ0) is 27.9. The molecule has 212 valence electrons. The van der Waals surface area contributed by atoms with Crippen LogP contribution >= 0.6 is 0 Å². The molecule has 0 aromatic carbocycles. The topological polar surface area (TPSA) is 69.7 Å². The smallest absolute Gasteiger partial charge is 0.312 e. The number of rotatable bonds is 4. The van der Waals surface area contributed by atoms with Crippen molar-refractivity contribution in [1.29, 1.82) is 0 Å². The molecule has 0 bridgehead atoms. The molecule has 0 saturated heterocycles. The van der Waals surface area contributed by atoms with Crippen LogP contribution in [0, 0.1) is 50.2 Å². The van der Waals surface area contributed by atoms with Crippen LogP contribution in [0.3, 0.4) is 0 Å². The molecule has 0 spiro atoms. The summed E-state index contributed by atoms with van der Waals surface area (Å²) in [6.45, 7) is 14.5. The second-order valence-corrected chi connectivity index (χ2v) is 15.4. The average molecular weight is 527 g/mol. The highest BCUT2D eigenvalue weighted by molar-refractivity contribution is 5.96. The van der Waals surface area contributed by atoms with Gasteiger partial charge in [0.25, 0.3) is 0 Å². The van der Waals surface area contributed by atoms with Crippen LogP contribution in [0.15, 0.2) is 11.6 Å². The van der Waals surface area contributed by atoms with Crippen molar-refractivity contribution in [3.8, 4) is 0 Å². The standard InChI is InChI=1S/C33H50O5/c1-28(2)13-15-33(27(36)38-8)16-14-32(6)26(21(33)20-28)22(34)19-24-29(3)11-10-25(35)30(4,17-18-37-7)23(29)9-12-31(24,32)5/h19,21,23,26H,9-18,20H2,1-8H3/t21-,23?,26-,29-,30-,31+,32+,33-/m0/s1. The Labute approximate surface area is 229 Å². The first kappa shape index (κ1) is 28.1. The highest BCUT2D eigenvalue weighted by Crippen LogP contribution is 2.75. The first-order chi connectivity index (χ1) is 17.7. The SMILES string of the molecule is COCC[C@]1(C)C(=O)CC[C@]2(C)C3=CC(=O)[C@@H]4[C@@H]5CC(C)(C)CC[C@]5(C(=O)OC)CC[C@@]4(C)[C@]3(C)CCC12. The number of carbonyl (C=O) groups excluding carboxylic acids is 3. The maximum absolute atomic E-state index is 14.4. The highest BCUT2D eigenvalue weighted by atomic mass is 16.5. The summed E-state index contributed by atoms with van der Waals surface area (Å²) < 4.78 is 10.9. The Morgan fingerprint density at radius 1 is 0.947 bits per heavy atom. The molecular weight excluding hydrogens is 476 g/mol. The van der Waals surface area contributed by atoms with Crippen molar-refractivity contribution in [1.82, 2.24) is 0 Å². The molecule has 0 heterocycles. The Morgan fingerprint density at radius 2 is 1.63 bits per heavy atom. The predicted molar refractivity (Wildman–Crippen MR) is 147 cm³/mol. The number of hydrogen-bond donors (Lipinski definition) is 0. The number of ether oxygens (including phenoxy) is 2. The Balaban J connectivity index is 1.62. The van der Waals surface area contributed by atoms with Gasteiger partial charge in [0.15, 0.2) is 5.78 Å². The molecule has 4 fully saturated rings. The molecule has 5 rings (SSSR count). The molecule has 8 atom stereocenters. The second kappa shape index (κ2) is 8.75. The average Bonchev–Trinajstić information content (AvgIpc) is 2.86. The highest BCUT2D eigenvalue weighted by Gasteiger charge is 2.71. The van der Waals surface area contributed by atoms with Crippen LogP contribution in [0.4, 0.5) is 0 Å². The number of Topliss-reactive ketones (excluding diaryl/α,β-unsaturated/α-hetero) is 1. The van der Waals surface area contributed by atoms with Crippen molar-refractivity contribution in [3.63, 3.8) is 0 Å². The number of esters is 1. The minimum atomic E-state index is -0.553. The number of methoxy groups -OCH3 is 2. The number of allylic oxidation sites excluding steroid dienone is 2. The largest absolute Gasteiger partial charge is 0.469 e. The summed E-state index contributed by atoms with van der Waals surface area (Å²) in [4.78, 5) is 41.2. The van der Waals surface area contributed by atoms with Crippen molar-refractivity contribution in [2.45, 2.75) is 106 Å². The van der Waals surface area contributed by atoms with E-state index in [2.05, 4.69) is 41.5 Å². The third-order valence-electron chi connectivity index (χ3n) is 13.4. The van der Waals surface area contributed by atoms with Gasteiger partial charge in [-0.15, -0.1) is 0 Å². The Kier molecular flexibility index (Phi) is 6.46. The molecule has 5 heteroatoms. The molecule has 0 N–H and O–H groups in total. The lowest BCUT2D eigenvalue weighted by Crippen LogP contribution is -2.66. The molecule has 0 radical (unpaired) electrons. The third kappa shape index (κ3) is 3.48. The van der Waals surface area contributed by atoms with E-state index in [-0.39, 0.29) is 51.2 Å².